The minimum absolute atomic E-state index is 0.0106. The van der Waals surface area contributed by atoms with Crippen molar-refractivity contribution in [1.29, 1.82) is 0 Å². The van der Waals surface area contributed by atoms with E-state index in [9.17, 15) is 24.5 Å². The number of thiophene rings is 1. The second kappa shape index (κ2) is 13.0. The molecule has 14 heteroatoms. The van der Waals surface area contributed by atoms with Crippen LogP contribution in [0.4, 0.5) is 27.1 Å². The molecule has 0 bridgehead atoms. The van der Waals surface area contributed by atoms with E-state index in [1.54, 1.807) is 30.0 Å². The fourth-order valence-electron chi connectivity index (χ4n) is 2.84. The van der Waals surface area contributed by atoms with Crippen LogP contribution < -0.4 is 10.6 Å². The molecule has 1 heterocycles. The lowest BCUT2D eigenvalue weighted by Crippen LogP contribution is -2.29. The van der Waals surface area contributed by atoms with Crippen LogP contribution in [0.2, 0.25) is 0 Å². The molecule has 2 N–H and O–H groups in total. The zero-order valence-electron chi connectivity index (χ0n) is 19.4. The third-order valence-electron chi connectivity index (χ3n) is 4.63. The Morgan fingerprint density at radius 2 is 1.71 bits per heavy atom. The molecule has 1 aromatic carbocycles. The van der Waals surface area contributed by atoms with E-state index < -0.39 is 22.8 Å². The number of azo groups is 1. The molecule has 0 unspecified atom stereocenters. The van der Waals surface area contributed by atoms with Crippen LogP contribution in [0.5, 0.6) is 0 Å². The first-order chi connectivity index (χ1) is 16.7. The monoisotopic (exact) mass is 507 g/mol. The lowest BCUT2D eigenvalue weighted by Gasteiger charge is -2.24. The summed E-state index contributed by atoms with van der Waals surface area (Å²) in [7, 11) is 2.57. The minimum atomic E-state index is -0.749. The molecule has 35 heavy (non-hydrogen) atoms. The first-order valence-corrected chi connectivity index (χ1v) is 11.2. The summed E-state index contributed by atoms with van der Waals surface area (Å²) in [4.78, 5) is 47.5. The lowest BCUT2D eigenvalue weighted by molar-refractivity contribution is -0.380. The second-order valence-corrected chi connectivity index (χ2v) is 7.87. The van der Waals surface area contributed by atoms with E-state index in [-0.39, 0.29) is 59.5 Å². The minimum Gasteiger partial charge on any atom is -0.469 e. The molecule has 0 fully saturated rings. The summed E-state index contributed by atoms with van der Waals surface area (Å²) in [5.74, 6) is -1.57. The van der Waals surface area contributed by atoms with Crippen molar-refractivity contribution in [3.05, 3.63) is 39.9 Å². The number of methoxy groups -OCH3 is 2. The number of rotatable bonds is 12. The molecule has 0 spiro atoms. The molecule has 0 radical (unpaired) electrons. The third kappa shape index (κ3) is 7.74. The van der Waals surface area contributed by atoms with Gasteiger partial charge in [-0.1, -0.05) is 0 Å². The van der Waals surface area contributed by atoms with Crippen molar-refractivity contribution >= 4 is 56.3 Å². The largest absolute Gasteiger partial charge is 0.469 e. The molecule has 2 rings (SSSR count). The Labute approximate surface area is 204 Å². The fraction of sp³-hybridized carbons (Fsp3) is 0.381. The lowest BCUT2D eigenvalue weighted by atomic mass is 10.2. The number of nitrogen functional groups attached to an aromatic ring is 1. The molecule has 0 aliphatic carbocycles. The van der Waals surface area contributed by atoms with Gasteiger partial charge in [0.2, 0.25) is 0 Å². The number of nitrogens with two attached hydrogens (primary N) is 1. The van der Waals surface area contributed by atoms with Crippen LogP contribution in [-0.2, 0) is 23.8 Å². The average molecular weight is 508 g/mol. The van der Waals surface area contributed by atoms with Gasteiger partial charge in [0.1, 0.15) is 11.3 Å². The van der Waals surface area contributed by atoms with Gasteiger partial charge in [-0.25, -0.2) is 4.79 Å². The van der Waals surface area contributed by atoms with Crippen LogP contribution in [0.1, 0.15) is 30.1 Å². The van der Waals surface area contributed by atoms with Crippen LogP contribution in [0, 0.1) is 10.1 Å². The van der Waals surface area contributed by atoms with E-state index in [2.05, 4.69) is 19.7 Å². The normalized spacial score (nSPS) is 10.7. The number of carbonyl (C=O) groups is 3. The van der Waals surface area contributed by atoms with Gasteiger partial charge in [-0.15, -0.1) is 10.2 Å². The molecular weight excluding hydrogens is 482 g/mol. The van der Waals surface area contributed by atoms with E-state index >= 15 is 0 Å². The van der Waals surface area contributed by atoms with Crippen LogP contribution >= 0.6 is 11.3 Å². The Morgan fingerprint density at radius 3 is 2.23 bits per heavy atom. The first-order valence-electron chi connectivity index (χ1n) is 10.3. The summed E-state index contributed by atoms with van der Waals surface area (Å²) in [5, 5.41) is 18.9. The maximum absolute atomic E-state index is 12.1. The number of nitrogens with zero attached hydrogens (tertiary/aromatic N) is 4. The van der Waals surface area contributed by atoms with Gasteiger partial charge >= 0.3 is 22.9 Å². The average Bonchev–Trinajstić information content (AvgIpc) is 3.27. The zero-order valence-corrected chi connectivity index (χ0v) is 20.2. The smallest absolute Gasteiger partial charge is 0.341 e. The number of carbonyl (C=O) groups excluding carboxylic acids is 3. The van der Waals surface area contributed by atoms with Crippen molar-refractivity contribution < 1.29 is 33.5 Å². The summed E-state index contributed by atoms with van der Waals surface area (Å²) < 4.78 is 14.3. The van der Waals surface area contributed by atoms with Crippen LogP contribution in [0.15, 0.2) is 34.5 Å². The Hall–Kier alpha value is -4.07. The molecule has 1 aromatic heterocycles. The van der Waals surface area contributed by atoms with Gasteiger partial charge in [-0.05, 0) is 36.5 Å². The number of esters is 3. The maximum atomic E-state index is 12.1. The predicted molar refractivity (Wildman–Crippen MR) is 127 cm³/mol. The van der Waals surface area contributed by atoms with Gasteiger partial charge < -0.3 is 24.8 Å². The second-order valence-electron chi connectivity index (χ2n) is 6.86. The third-order valence-corrected chi connectivity index (χ3v) is 5.60. The molecular formula is C21H25N5O8S. The highest BCUT2D eigenvalue weighted by Crippen LogP contribution is 2.38. The Bertz CT molecular complexity index is 1100. The molecule has 0 atom stereocenters. The van der Waals surface area contributed by atoms with E-state index in [0.29, 0.717) is 17.0 Å². The van der Waals surface area contributed by atoms with Gasteiger partial charge in [-0.2, -0.15) is 0 Å². The molecule has 0 aliphatic heterocycles. The van der Waals surface area contributed by atoms with Gasteiger partial charge in [0.15, 0.2) is 5.00 Å². The number of hydrogen-bond acceptors (Lipinski definition) is 13. The highest BCUT2D eigenvalue weighted by atomic mass is 32.1. The van der Waals surface area contributed by atoms with Gasteiger partial charge in [-0.3, -0.25) is 19.7 Å². The maximum Gasteiger partial charge on any atom is 0.341 e. The van der Waals surface area contributed by atoms with Crippen molar-refractivity contribution in [2.75, 3.05) is 44.5 Å². The molecule has 188 valence electrons. The summed E-state index contributed by atoms with van der Waals surface area (Å²) in [6.45, 7) is 2.25. The predicted octanol–water partition coefficient (Wildman–Crippen LogP) is 3.76. The number of nitro groups is 1. The Morgan fingerprint density at radius 1 is 1.09 bits per heavy atom. The Kier molecular flexibility index (Phi) is 10.1. The topological polar surface area (TPSA) is 176 Å². The SMILES string of the molecule is CCOC(=O)c1cc([N+](=O)[O-])sc1N=Nc1ccc(N(CCC(=O)OC)CCC(=O)OC)cc1N. The van der Waals surface area contributed by atoms with Gasteiger partial charge in [0.05, 0.1) is 44.3 Å². The zero-order chi connectivity index (χ0) is 26.0. The highest BCUT2D eigenvalue weighted by Gasteiger charge is 2.23. The molecule has 13 nitrogen and oxygen atoms in total. The molecule has 0 aliphatic rings. The Balaban J connectivity index is 2.29. The van der Waals surface area contributed by atoms with Crippen LogP contribution in [0.3, 0.4) is 0 Å². The fourth-order valence-corrected chi connectivity index (χ4v) is 3.63. The van der Waals surface area contributed by atoms with Crippen molar-refractivity contribution in [2.24, 2.45) is 10.2 Å². The van der Waals surface area contributed by atoms with Crippen molar-refractivity contribution in [3.63, 3.8) is 0 Å². The van der Waals surface area contributed by atoms with E-state index in [0.717, 1.165) is 6.07 Å². The van der Waals surface area contributed by atoms with E-state index in [4.69, 9.17) is 10.5 Å². The van der Waals surface area contributed by atoms with Crippen molar-refractivity contribution in [2.45, 2.75) is 19.8 Å². The highest BCUT2D eigenvalue weighted by molar-refractivity contribution is 7.19. The number of benzene rings is 1. The molecule has 0 saturated carbocycles. The standard InChI is InChI=1S/C21H25N5O8S/c1-4-34-21(29)14-12-17(26(30)31)35-20(14)24-23-16-6-5-13(11-15(16)22)25(9-7-18(27)32-2)10-8-19(28)33-3/h5-6,11-12H,4,7-10,22H2,1-3H3. The molecule has 2 aromatic rings. The summed E-state index contributed by atoms with van der Waals surface area (Å²) in [6, 6.07) is 5.90. The first kappa shape index (κ1) is 27.2. The number of ether oxygens (including phenoxy) is 3. The quantitative estimate of drug-likeness (QED) is 0.111. The summed E-state index contributed by atoms with van der Waals surface area (Å²) >= 11 is 0.681. The van der Waals surface area contributed by atoms with Crippen LogP contribution in [0.25, 0.3) is 0 Å². The summed E-state index contributed by atoms with van der Waals surface area (Å²) in [6.07, 6.45) is 0.180. The van der Waals surface area contributed by atoms with Crippen molar-refractivity contribution in [1.82, 2.24) is 0 Å². The summed E-state index contributed by atoms with van der Waals surface area (Å²) in [5.41, 5.74) is 7.14. The number of anilines is 2. The molecule has 0 saturated heterocycles. The van der Waals surface area contributed by atoms with E-state index in [1.165, 1.54) is 14.2 Å². The number of hydrogen-bond donors (Lipinski definition) is 1. The molecule has 0 amide bonds. The van der Waals surface area contributed by atoms with E-state index in [1.807, 2.05) is 0 Å². The van der Waals surface area contributed by atoms with Gasteiger partial charge in [0.25, 0.3) is 0 Å². The van der Waals surface area contributed by atoms with Gasteiger partial charge in [0, 0.05) is 24.8 Å². The van der Waals surface area contributed by atoms with Crippen LogP contribution in [-0.4, -0.2) is 56.7 Å². The van der Waals surface area contributed by atoms with Crippen molar-refractivity contribution in [3.8, 4) is 0 Å².